The third-order valence-electron chi connectivity index (χ3n) is 2.52. The van der Waals surface area contributed by atoms with Crippen molar-refractivity contribution in [3.05, 3.63) is 35.9 Å². The van der Waals surface area contributed by atoms with Crippen LogP contribution in [0.4, 0.5) is 0 Å². The Balaban J connectivity index is 2.90. The summed E-state index contributed by atoms with van der Waals surface area (Å²) in [6, 6.07) is 6.90. The molecule has 0 saturated carbocycles. The van der Waals surface area contributed by atoms with E-state index in [0.29, 0.717) is 5.56 Å². The molecule has 0 spiro atoms. The number of rotatable bonds is 6. The summed E-state index contributed by atoms with van der Waals surface area (Å²) in [5.74, 6) is -1.42. The van der Waals surface area contributed by atoms with E-state index in [1.54, 1.807) is 30.3 Å². The average molecular weight is 273 g/mol. The van der Waals surface area contributed by atoms with E-state index in [0.717, 1.165) is 0 Å². The van der Waals surface area contributed by atoms with E-state index in [1.165, 1.54) is 6.92 Å². The van der Waals surface area contributed by atoms with Crippen LogP contribution in [0.15, 0.2) is 30.3 Å². The summed E-state index contributed by atoms with van der Waals surface area (Å²) < 4.78 is 25.8. The van der Waals surface area contributed by atoms with Gasteiger partial charge < -0.3 is 10.2 Å². The second-order valence-corrected chi connectivity index (χ2v) is 5.82. The zero-order chi connectivity index (χ0) is 13.8. The van der Waals surface area contributed by atoms with Crippen molar-refractivity contribution in [2.24, 2.45) is 0 Å². The van der Waals surface area contributed by atoms with Crippen LogP contribution < -0.4 is 4.72 Å². The molecule has 0 aliphatic heterocycles. The smallest absolute Gasteiger partial charge is 0.324 e. The normalized spacial score (nSPS) is 15.0. The third-order valence-corrected chi connectivity index (χ3v) is 4.34. The molecule has 1 aromatic rings. The molecule has 0 aliphatic carbocycles. The van der Waals surface area contributed by atoms with E-state index in [4.69, 9.17) is 10.2 Å². The molecule has 0 bridgehead atoms. The molecular formula is C11H15NO5S. The highest BCUT2D eigenvalue weighted by Gasteiger charge is 2.28. The van der Waals surface area contributed by atoms with Crippen molar-refractivity contribution < 1.29 is 23.4 Å². The summed E-state index contributed by atoms with van der Waals surface area (Å²) >= 11 is 0. The summed E-state index contributed by atoms with van der Waals surface area (Å²) in [7, 11) is -3.86. The number of hydrogen-bond donors (Lipinski definition) is 3. The molecule has 1 unspecified atom stereocenters. The Morgan fingerprint density at radius 3 is 2.33 bits per heavy atom. The van der Waals surface area contributed by atoms with Crippen LogP contribution in [0.2, 0.25) is 0 Å². The van der Waals surface area contributed by atoms with Gasteiger partial charge in [-0.15, -0.1) is 0 Å². The molecule has 0 saturated heterocycles. The minimum absolute atomic E-state index is 0.548. The fraction of sp³-hybridized carbons (Fsp3) is 0.364. The lowest BCUT2D eigenvalue weighted by Crippen LogP contribution is -2.44. The Morgan fingerprint density at radius 1 is 1.33 bits per heavy atom. The highest BCUT2D eigenvalue weighted by atomic mass is 32.2. The van der Waals surface area contributed by atoms with Crippen molar-refractivity contribution in [1.82, 2.24) is 4.72 Å². The molecule has 3 N–H and O–H groups in total. The topological polar surface area (TPSA) is 104 Å². The van der Waals surface area contributed by atoms with Crippen molar-refractivity contribution in [1.29, 1.82) is 0 Å². The molecule has 0 fully saturated rings. The van der Waals surface area contributed by atoms with Crippen LogP contribution in [0.1, 0.15) is 17.7 Å². The number of benzene rings is 1. The van der Waals surface area contributed by atoms with Crippen LogP contribution in [-0.4, -0.2) is 37.2 Å². The number of aliphatic hydroxyl groups is 1. The van der Waals surface area contributed by atoms with Gasteiger partial charge in [0.15, 0.2) is 0 Å². The van der Waals surface area contributed by atoms with Gasteiger partial charge in [-0.25, -0.2) is 8.42 Å². The lowest BCUT2D eigenvalue weighted by Gasteiger charge is -2.17. The maximum Gasteiger partial charge on any atom is 0.324 e. The molecule has 1 rings (SSSR count). The van der Waals surface area contributed by atoms with Crippen LogP contribution in [0, 0.1) is 0 Å². The maximum absolute atomic E-state index is 11.9. The minimum atomic E-state index is -3.86. The first kappa shape index (κ1) is 14.6. The third kappa shape index (κ3) is 3.52. The van der Waals surface area contributed by atoms with Crippen molar-refractivity contribution >= 4 is 16.0 Å². The standard InChI is InChI=1S/C11H15NO5S/c1-8(9-5-3-2-4-6-9)18(16,17)12-10(7-13)11(14)15/h2-6,8,10,12-13H,7H2,1H3,(H,14,15)/t8?,10-/m0/s1. The number of carboxylic acids is 1. The van der Waals surface area contributed by atoms with Crippen LogP contribution in [0.25, 0.3) is 0 Å². The molecular weight excluding hydrogens is 258 g/mol. The second-order valence-electron chi connectivity index (χ2n) is 3.79. The first-order valence-corrected chi connectivity index (χ1v) is 6.83. The lowest BCUT2D eigenvalue weighted by molar-refractivity contribution is -0.139. The fourth-order valence-electron chi connectivity index (χ4n) is 1.37. The van der Waals surface area contributed by atoms with Gasteiger partial charge in [-0.3, -0.25) is 4.79 Å². The van der Waals surface area contributed by atoms with E-state index in [1.807, 2.05) is 4.72 Å². The van der Waals surface area contributed by atoms with Crippen molar-refractivity contribution in [2.75, 3.05) is 6.61 Å². The lowest BCUT2D eigenvalue weighted by atomic mass is 10.2. The molecule has 0 amide bonds. The highest BCUT2D eigenvalue weighted by Crippen LogP contribution is 2.20. The number of aliphatic hydroxyl groups excluding tert-OH is 1. The van der Waals surface area contributed by atoms with Gasteiger partial charge in [-0.1, -0.05) is 30.3 Å². The van der Waals surface area contributed by atoms with Crippen molar-refractivity contribution in [3.63, 3.8) is 0 Å². The largest absolute Gasteiger partial charge is 0.480 e. The minimum Gasteiger partial charge on any atom is -0.480 e. The molecule has 6 nitrogen and oxygen atoms in total. The SMILES string of the molecule is CC(c1ccccc1)S(=O)(=O)N[C@@H](CO)C(=O)O. The molecule has 0 radical (unpaired) electrons. The summed E-state index contributed by atoms with van der Waals surface area (Å²) in [6.07, 6.45) is 0. The zero-order valence-electron chi connectivity index (χ0n) is 9.78. The van der Waals surface area contributed by atoms with Gasteiger partial charge >= 0.3 is 5.97 Å². The Kier molecular flexibility index (Phi) is 4.83. The fourth-order valence-corrected chi connectivity index (χ4v) is 2.66. The predicted molar refractivity (Wildman–Crippen MR) is 65.4 cm³/mol. The molecule has 7 heteroatoms. The summed E-state index contributed by atoms with van der Waals surface area (Å²) in [5.41, 5.74) is 0.548. The van der Waals surface area contributed by atoms with Crippen molar-refractivity contribution in [3.8, 4) is 0 Å². The zero-order valence-corrected chi connectivity index (χ0v) is 10.6. The number of carboxylic acid groups (broad SMARTS) is 1. The number of nitrogens with one attached hydrogen (secondary N) is 1. The van der Waals surface area contributed by atoms with E-state index in [9.17, 15) is 13.2 Å². The van der Waals surface area contributed by atoms with Gasteiger partial charge in [0.25, 0.3) is 0 Å². The second kappa shape index (κ2) is 5.94. The van der Waals surface area contributed by atoms with Gasteiger partial charge in [0.2, 0.25) is 10.0 Å². The molecule has 0 heterocycles. The van der Waals surface area contributed by atoms with Crippen LogP contribution >= 0.6 is 0 Å². The van der Waals surface area contributed by atoms with E-state index < -0.39 is 33.9 Å². The number of sulfonamides is 1. The Bertz CT molecular complexity index is 499. The predicted octanol–water partition coefficient (Wildman–Crippen LogP) is 0.112. The molecule has 2 atom stereocenters. The summed E-state index contributed by atoms with van der Waals surface area (Å²) in [5, 5.41) is 16.6. The van der Waals surface area contributed by atoms with Crippen LogP contribution in [-0.2, 0) is 14.8 Å². The highest BCUT2D eigenvalue weighted by molar-refractivity contribution is 7.89. The Morgan fingerprint density at radius 2 is 1.89 bits per heavy atom. The van der Waals surface area contributed by atoms with E-state index in [2.05, 4.69) is 0 Å². The van der Waals surface area contributed by atoms with Crippen LogP contribution in [0.3, 0.4) is 0 Å². The van der Waals surface area contributed by atoms with Gasteiger partial charge in [0.05, 0.1) is 11.9 Å². The molecule has 0 aromatic heterocycles. The van der Waals surface area contributed by atoms with Crippen LogP contribution in [0.5, 0.6) is 0 Å². The molecule has 0 aliphatic rings. The van der Waals surface area contributed by atoms with E-state index >= 15 is 0 Å². The molecule has 100 valence electrons. The average Bonchev–Trinajstić information content (AvgIpc) is 2.35. The summed E-state index contributed by atoms with van der Waals surface area (Å²) in [4.78, 5) is 10.7. The monoisotopic (exact) mass is 273 g/mol. The summed E-state index contributed by atoms with van der Waals surface area (Å²) in [6.45, 7) is 0.657. The van der Waals surface area contributed by atoms with Gasteiger partial charge in [-0.05, 0) is 12.5 Å². The van der Waals surface area contributed by atoms with Gasteiger partial charge in [0.1, 0.15) is 6.04 Å². The first-order valence-electron chi connectivity index (χ1n) is 5.28. The van der Waals surface area contributed by atoms with E-state index in [-0.39, 0.29) is 0 Å². The van der Waals surface area contributed by atoms with Gasteiger partial charge in [0, 0.05) is 0 Å². The first-order chi connectivity index (χ1) is 8.38. The van der Waals surface area contributed by atoms with Gasteiger partial charge in [-0.2, -0.15) is 4.72 Å². The number of carbonyl (C=O) groups is 1. The quantitative estimate of drug-likeness (QED) is 0.682. The molecule has 18 heavy (non-hydrogen) atoms. The maximum atomic E-state index is 11.9. The Hall–Kier alpha value is -1.44. The number of hydrogen-bond acceptors (Lipinski definition) is 4. The molecule has 1 aromatic carbocycles. The van der Waals surface area contributed by atoms with Crippen molar-refractivity contribution in [2.45, 2.75) is 18.2 Å². The Labute approximate surface area is 105 Å². The number of aliphatic carboxylic acids is 1.